The molecule has 0 unspecified atom stereocenters. The number of hydrogen-bond donors (Lipinski definition) is 1. The SMILES string of the molecule is COc1ccc(CC(=O)Nc2nnc(CN3C(=O)c4ccccc4C3=O)s2)cc1OC. The molecule has 0 saturated carbocycles. The van der Waals surface area contributed by atoms with Gasteiger partial charge >= 0.3 is 0 Å². The first-order valence-electron chi connectivity index (χ1n) is 9.28. The highest BCUT2D eigenvalue weighted by molar-refractivity contribution is 7.15. The van der Waals surface area contributed by atoms with E-state index in [1.807, 2.05) is 0 Å². The molecule has 3 amide bonds. The molecule has 1 aromatic heterocycles. The van der Waals surface area contributed by atoms with Crippen LogP contribution < -0.4 is 14.8 Å². The molecule has 0 bridgehead atoms. The number of benzene rings is 2. The highest BCUT2D eigenvalue weighted by atomic mass is 32.1. The van der Waals surface area contributed by atoms with Gasteiger partial charge in [-0.25, -0.2) is 0 Å². The second-order valence-corrected chi connectivity index (χ2v) is 7.72. The van der Waals surface area contributed by atoms with Crippen molar-refractivity contribution in [2.75, 3.05) is 19.5 Å². The lowest BCUT2D eigenvalue weighted by molar-refractivity contribution is -0.115. The third-order valence-electron chi connectivity index (χ3n) is 4.70. The average Bonchev–Trinajstić information content (AvgIpc) is 3.31. The van der Waals surface area contributed by atoms with E-state index in [2.05, 4.69) is 15.5 Å². The number of nitrogens with zero attached hydrogens (tertiary/aromatic N) is 3. The topological polar surface area (TPSA) is 111 Å². The number of amides is 3. The van der Waals surface area contributed by atoms with Crippen LogP contribution in [0.5, 0.6) is 11.5 Å². The predicted molar refractivity (Wildman–Crippen MR) is 112 cm³/mol. The van der Waals surface area contributed by atoms with Crippen LogP contribution in [-0.2, 0) is 17.8 Å². The number of methoxy groups -OCH3 is 2. The highest BCUT2D eigenvalue weighted by Crippen LogP contribution is 2.28. The van der Waals surface area contributed by atoms with Gasteiger partial charge in [0, 0.05) is 0 Å². The molecular formula is C21H18N4O5S. The van der Waals surface area contributed by atoms with Crippen LogP contribution in [0.25, 0.3) is 0 Å². The Bertz CT molecular complexity index is 1140. The molecule has 1 aliphatic rings. The molecule has 0 radical (unpaired) electrons. The van der Waals surface area contributed by atoms with E-state index in [1.165, 1.54) is 7.11 Å². The summed E-state index contributed by atoms with van der Waals surface area (Å²) in [5.41, 5.74) is 1.49. The fourth-order valence-electron chi connectivity index (χ4n) is 3.23. The lowest BCUT2D eigenvalue weighted by Crippen LogP contribution is -2.29. The fraction of sp³-hybridized carbons (Fsp3) is 0.190. The zero-order chi connectivity index (χ0) is 22.0. The Morgan fingerprint density at radius 3 is 2.32 bits per heavy atom. The van der Waals surface area contributed by atoms with Crippen LogP contribution in [-0.4, -0.2) is 47.0 Å². The molecule has 158 valence electrons. The summed E-state index contributed by atoms with van der Waals surface area (Å²) in [7, 11) is 3.07. The number of rotatable bonds is 7. The molecule has 0 saturated heterocycles. The molecule has 10 heteroatoms. The smallest absolute Gasteiger partial charge is 0.261 e. The van der Waals surface area contributed by atoms with Gasteiger partial charge in [-0.15, -0.1) is 10.2 Å². The van der Waals surface area contributed by atoms with Crippen LogP contribution >= 0.6 is 11.3 Å². The summed E-state index contributed by atoms with van der Waals surface area (Å²) in [6, 6.07) is 11.9. The Kier molecular flexibility index (Phi) is 5.63. The van der Waals surface area contributed by atoms with Crippen molar-refractivity contribution in [3.8, 4) is 11.5 Å². The minimum absolute atomic E-state index is 0.00440. The standard InChI is InChI=1S/C21H18N4O5S/c1-29-15-8-7-12(9-16(15)30-2)10-17(26)22-21-24-23-18(31-21)11-25-19(27)13-5-3-4-6-14(13)20(25)28/h3-9H,10-11H2,1-2H3,(H,22,24,26). The first-order chi connectivity index (χ1) is 15.0. The minimum Gasteiger partial charge on any atom is -0.493 e. The van der Waals surface area contributed by atoms with E-state index in [9.17, 15) is 14.4 Å². The largest absolute Gasteiger partial charge is 0.493 e. The number of carbonyl (C=O) groups is 3. The van der Waals surface area contributed by atoms with Crippen molar-refractivity contribution in [3.63, 3.8) is 0 Å². The monoisotopic (exact) mass is 438 g/mol. The first kappa shape index (κ1) is 20.5. The maximum Gasteiger partial charge on any atom is 0.261 e. The Morgan fingerprint density at radius 1 is 1.00 bits per heavy atom. The molecule has 0 fully saturated rings. The van der Waals surface area contributed by atoms with Gasteiger partial charge in [-0.05, 0) is 29.8 Å². The molecule has 0 spiro atoms. The van der Waals surface area contributed by atoms with Gasteiger partial charge in [-0.1, -0.05) is 29.5 Å². The molecule has 0 atom stereocenters. The normalized spacial score (nSPS) is 12.6. The van der Waals surface area contributed by atoms with E-state index in [-0.39, 0.29) is 35.8 Å². The van der Waals surface area contributed by atoms with Crippen LogP contribution in [0, 0.1) is 0 Å². The van der Waals surface area contributed by atoms with E-state index >= 15 is 0 Å². The molecule has 1 aliphatic heterocycles. The molecule has 2 heterocycles. The predicted octanol–water partition coefficient (Wildman–Crippen LogP) is 2.53. The van der Waals surface area contributed by atoms with Crippen molar-refractivity contribution in [2.45, 2.75) is 13.0 Å². The first-order valence-corrected chi connectivity index (χ1v) is 10.1. The van der Waals surface area contributed by atoms with Crippen molar-refractivity contribution in [1.29, 1.82) is 0 Å². The van der Waals surface area contributed by atoms with Gasteiger partial charge in [0.05, 0.1) is 38.3 Å². The van der Waals surface area contributed by atoms with Gasteiger partial charge in [0.2, 0.25) is 11.0 Å². The summed E-state index contributed by atoms with van der Waals surface area (Å²) in [5.74, 6) is 0.0980. The van der Waals surface area contributed by atoms with Crippen LogP contribution in [0.3, 0.4) is 0 Å². The van der Waals surface area contributed by atoms with Crippen molar-refractivity contribution < 1.29 is 23.9 Å². The molecule has 31 heavy (non-hydrogen) atoms. The minimum atomic E-state index is -0.366. The Balaban J connectivity index is 1.39. The number of carbonyl (C=O) groups excluding carboxylic acids is 3. The van der Waals surface area contributed by atoms with E-state index in [1.54, 1.807) is 49.6 Å². The van der Waals surface area contributed by atoms with E-state index in [4.69, 9.17) is 9.47 Å². The van der Waals surface area contributed by atoms with Crippen LogP contribution in [0.4, 0.5) is 5.13 Å². The third-order valence-corrected chi connectivity index (χ3v) is 5.52. The summed E-state index contributed by atoms with van der Waals surface area (Å²) in [4.78, 5) is 38.4. The third kappa shape index (κ3) is 4.10. The number of ether oxygens (including phenoxy) is 2. The maximum atomic E-state index is 12.5. The summed E-state index contributed by atoms with van der Waals surface area (Å²) in [6.07, 6.45) is 0.105. The highest BCUT2D eigenvalue weighted by Gasteiger charge is 2.35. The average molecular weight is 438 g/mol. The molecular weight excluding hydrogens is 420 g/mol. The Labute approximate surface area is 181 Å². The molecule has 0 aliphatic carbocycles. The van der Waals surface area contributed by atoms with Gasteiger partial charge < -0.3 is 14.8 Å². The van der Waals surface area contributed by atoms with Crippen molar-refractivity contribution in [3.05, 3.63) is 64.2 Å². The molecule has 9 nitrogen and oxygen atoms in total. The molecule has 2 aromatic carbocycles. The maximum absolute atomic E-state index is 12.5. The van der Waals surface area contributed by atoms with Gasteiger partial charge in [0.15, 0.2) is 11.5 Å². The summed E-state index contributed by atoms with van der Waals surface area (Å²) in [6.45, 7) is -0.00440. The van der Waals surface area contributed by atoms with E-state index in [0.29, 0.717) is 27.6 Å². The number of fused-ring (bicyclic) bond motifs is 1. The summed E-state index contributed by atoms with van der Waals surface area (Å²) >= 11 is 1.11. The van der Waals surface area contributed by atoms with Gasteiger partial charge in [-0.2, -0.15) is 0 Å². The quantitative estimate of drug-likeness (QED) is 0.564. The van der Waals surface area contributed by atoms with E-state index in [0.717, 1.165) is 21.8 Å². The van der Waals surface area contributed by atoms with Crippen molar-refractivity contribution in [1.82, 2.24) is 15.1 Å². The number of nitrogens with one attached hydrogen (secondary N) is 1. The van der Waals surface area contributed by atoms with Crippen LogP contribution in [0.1, 0.15) is 31.3 Å². The fourth-order valence-corrected chi connectivity index (χ4v) is 3.97. The second kappa shape index (κ2) is 8.52. The van der Waals surface area contributed by atoms with Crippen molar-refractivity contribution in [2.24, 2.45) is 0 Å². The lowest BCUT2D eigenvalue weighted by atomic mass is 10.1. The van der Waals surface area contributed by atoms with E-state index < -0.39 is 0 Å². The van der Waals surface area contributed by atoms with Gasteiger partial charge in [0.1, 0.15) is 5.01 Å². The zero-order valence-electron chi connectivity index (χ0n) is 16.7. The lowest BCUT2D eigenvalue weighted by Gasteiger charge is -2.10. The summed E-state index contributed by atoms with van der Waals surface area (Å²) < 4.78 is 10.4. The Hall–Kier alpha value is -3.79. The number of hydrogen-bond acceptors (Lipinski definition) is 8. The van der Waals surface area contributed by atoms with Gasteiger partial charge in [0.25, 0.3) is 11.8 Å². The molecule has 1 N–H and O–H groups in total. The van der Waals surface area contributed by atoms with Crippen molar-refractivity contribution >= 4 is 34.2 Å². The van der Waals surface area contributed by atoms with Gasteiger partial charge in [-0.3, -0.25) is 19.3 Å². The Morgan fingerprint density at radius 2 is 1.68 bits per heavy atom. The number of imide groups is 1. The number of anilines is 1. The van der Waals surface area contributed by atoms with Crippen LogP contribution in [0.2, 0.25) is 0 Å². The zero-order valence-corrected chi connectivity index (χ0v) is 17.6. The summed E-state index contributed by atoms with van der Waals surface area (Å²) in [5, 5.41) is 11.4. The second-order valence-electron chi connectivity index (χ2n) is 6.66. The molecule has 4 rings (SSSR count). The molecule has 3 aromatic rings. The number of aromatic nitrogens is 2. The van der Waals surface area contributed by atoms with Crippen LogP contribution in [0.15, 0.2) is 42.5 Å².